The second-order valence-corrected chi connectivity index (χ2v) is 4.75. The lowest BCUT2D eigenvalue weighted by atomic mass is 10.3. The number of hydrogen-bond acceptors (Lipinski definition) is 4. The zero-order valence-electron chi connectivity index (χ0n) is 8.39. The van der Waals surface area contributed by atoms with E-state index in [0.717, 1.165) is 15.9 Å². The highest BCUT2D eigenvalue weighted by molar-refractivity contribution is 9.10. The zero-order valence-corrected chi connectivity index (χ0v) is 9.98. The van der Waals surface area contributed by atoms with Crippen LogP contribution in [0.1, 0.15) is 5.56 Å². The van der Waals surface area contributed by atoms with E-state index in [1.807, 2.05) is 17.9 Å². The maximum atomic E-state index is 9.45. The van der Waals surface area contributed by atoms with Crippen molar-refractivity contribution in [1.82, 2.24) is 4.98 Å². The third-order valence-corrected chi connectivity index (χ3v) is 3.01. The molecule has 4 nitrogen and oxygen atoms in total. The molecule has 2 rings (SSSR count). The van der Waals surface area contributed by atoms with E-state index in [2.05, 4.69) is 20.9 Å². The van der Waals surface area contributed by atoms with Crippen molar-refractivity contribution in [2.24, 2.45) is 0 Å². The highest BCUT2D eigenvalue weighted by atomic mass is 79.9. The van der Waals surface area contributed by atoms with Gasteiger partial charge in [-0.2, -0.15) is 0 Å². The van der Waals surface area contributed by atoms with Crippen LogP contribution in [0, 0.1) is 6.92 Å². The standard InChI is InChI=1S/C10H13BrN2O2/c1-6-2-7(11)3-12-10(6)13-4-8(14)9(15)5-13/h2-3,8-9,14-15H,4-5H2,1H3. The Morgan fingerprint density at radius 3 is 2.53 bits per heavy atom. The Hall–Kier alpha value is -0.650. The summed E-state index contributed by atoms with van der Waals surface area (Å²) in [4.78, 5) is 6.19. The Labute approximate surface area is 96.7 Å². The fraction of sp³-hybridized carbons (Fsp3) is 0.500. The van der Waals surface area contributed by atoms with Gasteiger partial charge >= 0.3 is 0 Å². The first-order valence-electron chi connectivity index (χ1n) is 4.81. The summed E-state index contributed by atoms with van der Waals surface area (Å²) in [6, 6.07) is 1.97. The van der Waals surface area contributed by atoms with Gasteiger partial charge in [-0.1, -0.05) is 0 Å². The second-order valence-electron chi connectivity index (χ2n) is 3.83. The van der Waals surface area contributed by atoms with Crippen LogP contribution in [-0.2, 0) is 0 Å². The van der Waals surface area contributed by atoms with Crippen molar-refractivity contribution < 1.29 is 10.2 Å². The third-order valence-electron chi connectivity index (χ3n) is 2.58. The molecule has 82 valence electrons. The van der Waals surface area contributed by atoms with Crippen LogP contribution in [0.4, 0.5) is 5.82 Å². The first-order chi connectivity index (χ1) is 7.08. The highest BCUT2D eigenvalue weighted by Crippen LogP contribution is 2.24. The van der Waals surface area contributed by atoms with Crippen molar-refractivity contribution in [2.75, 3.05) is 18.0 Å². The molecule has 0 spiro atoms. The van der Waals surface area contributed by atoms with Crippen LogP contribution < -0.4 is 4.90 Å². The van der Waals surface area contributed by atoms with E-state index in [-0.39, 0.29) is 0 Å². The number of β-amino-alcohol motifs (C(OH)–C–C–N with tert-alkyl or cyclic N) is 2. The van der Waals surface area contributed by atoms with E-state index in [9.17, 15) is 10.2 Å². The minimum absolute atomic E-state index is 0.441. The van der Waals surface area contributed by atoms with Gasteiger partial charge in [-0.15, -0.1) is 0 Å². The number of aliphatic hydroxyl groups excluding tert-OH is 2. The van der Waals surface area contributed by atoms with Crippen LogP contribution in [0.25, 0.3) is 0 Å². The number of hydrogen-bond donors (Lipinski definition) is 2. The van der Waals surface area contributed by atoms with Crippen LogP contribution in [0.15, 0.2) is 16.7 Å². The number of halogens is 1. The van der Waals surface area contributed by atoms with Crippen molar-refractivity contribution in [2.45, 2.75) is 19.1 Å². The van der Waals surface area contributed by atoms with Crippen LogP contribution in [0.2, 0.25) is 0 Å². The molecule has 0 saturated carbocycles. The quantitative estimate of drug-likeness (QED) is 0.790. The van der Waals surface area contributed by atoms with Crippen molar-refractivity contribution in [1.29, 1.82) is 0 Å². The normalized spacial score (nSPS) is 26.0. The minimum Gasteiger partial charge on any atom is -0.389 e. The Morgan fingerprint density at radius 1 is 1.40 bits per heavy atom. The summed E-state index contributed by atoms with van der Waals surface area (Å²) >= 11 is 3.35. The second kappa shape index (κ2) is 4.08. The van der Waals surface area contributed by atoms with Gasteiger partial charge in [-0.3, -0.25) is 0 Å². The average Bonchev–Trinajstić information content (AvgIpc) is 2.46. The Balaban J connectivity index is 2.24. The van der Waals surface area contributed by atoms with E-state index < -0.39 is 12.2 Å². The van der Waals surface area contributed by atoms with Gasteiger partial charge < -0.3 is 15.1 Å². The van der Waals surface area contributed by atoms with Gasteiger partial charge in [0.05, 0.1) is 12.2 Å². The third kappa shape index (κ3) is 2.14. The fourth-order valence-corrected chi connectivity index (χ4v) is 2.25. The van der Waals surface area contributed by atoms with Crippen molar-refractivity contribution in [3.8, 4) is 0 Å². The van der Waals surface area contributed by atoms with Crippen LogP contribution in [-0.4, -0.2) is 40.5 Å². The summed E-state index contributed by atoms with van der Waals surface area (Å²) in [6.07, 6.45) is 0.379. The molecule has 2 unspecified atom stereocenters. The molecule has 1 aliphatic heterocycles. The molecular weight excluding hydrogens is 260 g/mol. The summed E-state index contributed by atoms with van der Waals surface area (Å²) in [5.74, 6) is 0.828. The molecular formula is C10H13BrN2O2. The molecule has 0 aliphatic carbocycles. The van der Waals surface area contributed by atoms with Gasteiger partial charge in [-0.05, 0) is 34.5 Å². The summed E-state index contributed by atoms with van der Waals surface area (Å²) < 4.78 is 0.934. The van der Waals surface area contributed by atoms with E-state index in [1.54, 1.807) is 6.20 Å². The maximum Gasteiger partial charge on any atom is 0.131 e. The smallest absolute Gasteiger partial charge is 0.131 e. The number of aryl methyl sites for hydroxylation is 1. The summed E-state index contributed by atoms with van der Waals surface area (Å²) in [5, 5.41) is 18.9. The van der Waals surface area contributed by atoms with Crippen LogP contribution >= 0.6 is 15.9 Å². The number of nitrogens with zero attached hydrogens (tertiary/aromatic N) is 2. The molecule has 2 atom stereocenters. The van der Waals surface area contributed by atoms with E-state index in [4.69, 9.17) is 0 Å². The highest BCUT2D eigenvalue weighted by Gasteiger charge is 2.30. The predicted molar refractivity (Wildman–Crippen MR) is 60.9 cm³/mol. The van der Waals surface area contributed by atoms with Crippen LogP contribution in [0.3, 0.4) is 0 Å². The Morgan fingerprint density at radius 2 is 2.00 bits per heavy atom. The van der Waals surface area contributed by atoms with Crippen LogP contribution in [0.5, 0.6) is 0 Å². The van der Waals surface area contributed by atoms with E-state index in [0.29, 0.717) is 13.1 Å². The predicted octanol–water partition coefficient (Wildman–Crippen LogP) is 0.694. The first kappa shape index (κ1) is 10.9. The lowest BCUT2D eigenvalue weighted by molar-refractivity contribution is 0.0572. The van der Waals surface area contributed by atoms with Gasteiger partial charge in [-0.25, -0.2) is 4.98 Å². The maximum absolute atomic E-state index is 9.45. The molecule has 0 radical (unpaired) electrons. The summed E-state index contributed by atoms with van der Waals surface area (Å²) in [7, 11) is 0. The topological polar surface area (TPSA) is 56.6 Å². The molecule has 1 aromatic heterocycles. The average molecular weight is 273 g/mol. The number of pyridine rings is 1. The van der Waals surface area contributed by atoms with Crippen molar-refractivity contribution in [3.05, 3.63) is 22.3 Å². The van der Waals surface area contributed by atoms with Crippen molar-refractivity contribution in [3.63, 3.8) is 0 Å². The number of aromatic nitrogens is 1. The molecule has 2 N–H and O–H groups in total. The van der Waals surface area contributed by atoms with E-state index in [1.165, 1.54) is 0 Å². The summed E-state index contributed by atoms with van der Waals surface area (Å²) in [6.45, 7) is 2.84. The minimum atomic E-state index is -0.671. The number of anilines is 1. The number of aliphatic hydroxyl groups is 2. The largest absolute Gasteiger partial charge is 0.389 e. The molecule has 0 aromatic carbocycles. The first-order valence-corrected chi connectivity index (χ1v) is 5.60. The molecule has 5 heteroatoms. The molecule has 1 saturated heterocycles. The molecule has 1 fully saturated rings. The molecule has 1 aromatic rings. The monoisotopic (exact) mass is 272 g/mol. The Kier molecular flexibility index (Phi) is 2.95. The molecule has 0 amide bonds. The molecule has 2 heterocycles. The van der Waals surface area contributed by atoms with Gasteiger partial charge in [0.25, 0.3) is 0 Å². The van der Waals surface area contributed by atoms with Crippen molar-refractivity contribution >= 4 is 21.7 Å². The van der Waals surface area contributed by atoms with E-state index >= 15 is 0 Å². The van der Waals surface area contributed by atoms with Gasteiger partial charge in [0.15, 0.2) is 0 Å². The van der Waals surface area contributed by atoms with Gasteiger partial charge in [0, 0.05) is 23.8 Å². The molecule has 1 aliphatic rings. The lowest BCUT2D eigenvalue weighted by Gasteiger charge is -2.18. The Bertz CT molecular complexity index is 362. The fourth-order valence-electron chi connectivity index (χ4n) is 1.81. The SMILES string of the molecule is Cc1cc(Br)cnc1N1CC(O)C(O)C1. The lowest BCUT2D eigenvalue weighted by Crippen LogP contribution is -2.23. The van der Waals surface area contributed by atoms with Gasteiger partial charge in [0.2, 0.25) is 0 Å². The molecule has 15 heavy (non-hydrogen) atoms. The molecule has 0 bridgehead atoms. The number of rotatable bonds is 1. The van der Waals surface area contributed by atoms with Gasteiger partial charge in [0.1, 0.15) is 5.82 Å². The zero-order chi connectivity index (χ0) is 11.0. The summed E-state index contributed by atoms with van der Waals surface area (Å²) in [5.41, 5.74) is 1.03.